The van der Waals surface area contributed by atoms with Gasteiger partial charge in [-0.05, 0) is 37.4 Å². The normalized spacial score (nSPS) is 11.0. The van der Waals surface area contributed by atoms with Crippen molar-refractivity contribution in [3.8, 4) is 17.0 Å². The Kier molecular flexibility index (Phi) is 3.43. The van der Waals surface area contributed by atoms with Gasteiger partial charge in [-0.15, -0.1) is 22.0 Å². The first-order valence-corrected chi connectivity index (χ1v) is 7.72. The first kappa shape index (κ1) is 13.7. The molecule has 1 heterocycles. The predicted molar refractivity (Wildman–Crippen MR) is 87.6 cm³/mol. The van der Waals surface area contributed by atoms with Crippen molar-refractivity contribution in [2.24, 2.45) is 0 Å². The zero-order valence-corrected chi connectivity index (χ0v) is 12.6. The van der Waals surface area contributed by atoms with E-state index in [4.69, 9.17) is 5.73 Å². The smallest absolute Gasteiger partial charge is 0.154 e. The number of anilines is 1. The molecule has 0 fully saturated rings. The molecule has 0 amide bonds. The van der Waals surface area contributed by atoms with E-state index >= 15 is 0 Å². The molecule has 106 valence electrons. The van der Waals surface area contributed by atoms with E-state index < -0.39 is 0 Å². The first-order valence-electron chi connectivity index (χ1n) is 6.50. The lowest BCUT2D eigenvalue weighted by Gasteiger charge is -2.10. The summed E-state index contributed by atoms with van der Waals surface area (Å²) in [5, 5.41) is 20.2. The molecule has 0 radical (unpaired) electrons. The number of rotatable bonds is 2. The van der Waals surface area contributed by atoms with E-state index in [0.717, 1.165) is 21.2 Å². The average Bonchev–Trinajstić information content (AvgIpc) is 2.48. The Bertz CT molecular complexity index is 833. The van der Waals surface area contributed by atoms with Gasteiger partial charge >= 0.3 is 0 Å². The highest BCUT2D eigenvalue weighted by Crippen LogP contribution is 2.36. The van der Waals surface area contributed by atoms with Gasteiger partial charge in [-0.25, -0.2) is 0 Å². The number of aromatic hydroxyl groups is 1. The summed E-state index contributed by atoms with van der Waals surface area (Å²) in [6, 6.07) is 11.5. The third-order valence-corrected chi connectivity index (χ3v) is 4.15. The molecule has 4 nitrogen and oxygen atoms in total. The van der Waals surface area contributed by atoms with Crippen LogP contribution in [0.4, 0.5) is 5.82 Å². The van der Waals surface area contributed by atoms with E-state index in [1.54, 1.807) is 17.8 Å². The van der Waals surface area contributed by atoms with E-state index in [0.29, 0.717) is 17.1 Å². The number of aryl methyl sites for hydroxylation is 1. The fourth-order valence-corrected chi connectivity index (χ4v) is 2.76. The SMILES string of the molecule is CSc1ccc(-c2nnc(N)c3cc(C)ccc23)c(O)c1. The number of hydrogen-bond acceptors (Lipinski definition) is 5. The van der Waals surface area contributed by atoms with Crippen molar-refractivity contribution in [2.75, 3.05) is 12.0 Å². The Morgan fingerprint density at radius 1 is 1.05 bits per heavy atom. The molecule has 0 aliphatic carbocycles. The number of phenols is 1. The Balaban J connectivity index is 2.28. The van der Waals surface area contributed by atoms with Gasteiger partial charge in [-0.3, -0.25) is 0 Å². The Morgan fingerprint density at radius 3 is 2.57 bits per heavy atom. The minimum absolute atomic E-state index is 0.197. The van der Waals surface area contributed by atoms with Crippen LogP contribution in [-0.2, 0) is 0 Å². The van der Waals surface area contributed by atoms with Crippen LogP contribution in [0.2, 0.25) is 0 Å². The summed E-state index contributed by atoms with van der Waals surface area (Å²) in [5.74, 6) is 0.598. The van der Waals surface area contributed by atoms with Crippen LogP contribution in [0.3, 0.4) is 0 Å². The van der Waals surface area contributed by atoms with E-state index in [9.17, 15) is 5.11 Å². The number of thioether (sulfide) groups is 1. The van der Waals surface area contributed by atoms with E-state index in [-0.39, 0.29) is 5.75 Å². The number of nitrogen functional groups attached to an aromatic ring is 1. The molecule has 5 heteroatoms. The minimum atomic E-state index is 0.197. The highest BCUT2D eigenvalue weighted by Gasteiger charge is 2.13. The first-order chi connectivity index (χ1) is 10.1. The third kappa shape index (κ3) is 2.40. The maximum Gasteiger partial charge on any atom is 0.154 e. The zero-order valence-electron chi connectivity index (χ0n) is 11.8. The molecule has 0 saturated carbocycles. The summed E-state index contributed by atoms with van der Waals surface area (Å²) in [4.78, 5) is 1.000. The molecule has 0 bridgehead atoms. The molecule has 21 heavy (non-hydrogen) atoms. The lowest BCUT2D eigenvalue weighted by Crippen LogP contribution is -1.98. The lowest BCUT2D eigenvalue weighted by molar-refractivity contribution is 0.475. The zero-order chi connectivity index (χ0) is 15.0. The second kappa shape index (κ2) is 5.26. The average molecular weight is 297 g/mol. The topological polar surface area (TPSA) is 72.0 Å². The molecule has 0 aliphatic rings. The summed E-state index contributed by atoms with van der Waals surface area (Å²) >= 11 is 1.58. The molecule has 0 aliphatic heterocycles. The fourth-order valence-electron chi connectivity index (χ4n) is 2.33. The number of aromatic nitrogens is 2. The van der Waals surface area contributed by atoms with Crippen LogP contribution < -0.4 is 5.73 Å². The van der Waals surface area contributed by atoms with Gasteiger partial charge in [0, 0.05) is 21.2 Å². The van der Waals surface area contributed by atoms with Gasteiger partial charge in [0.2, 0.25) is 0 Å². The number of benzene rings is 2. The van der Waals surface area contributed by atoms with Gasteiger partial charge in [0.15, 0.2) is 5.82 Å². The van der Waals surface area contributed by atoms with E-state index in [1.807, 2.05) is 43.5 Å². The van der Waals surface area contributed by atoms with Crippen LogP contribution in [0.25, 0.3) is 22.0 Å². The van der Waals surface area contributed by atoms with Gasteiger partial charge in [-0.1, -0.05) is 17.7 Å². The van der Waals surface area contributed by atoms with Crippen LogP contribution in [0, 0.1) is 6.92 Å². The van der Waals surface area contributed by atoms with Crippen LogP contribution in [0.15, 0.2) is 41.3 Å². The van der Waals surface area contributed by atoms with Crippen molar-refractivity contribution in [1.82, 2.24) is 10.2 Å². The number of hydrogen-bond donors (Lipinski definition) is 2. The van der Waals surface area contributed by atoms with Crippen molar-refractivity contribution in [2.45, 2.75) is 11.8 Å². The Morgan fingerprint density at radius 2 is 1.86 bits per heavy atom. The second-order valence-electron chi connectivity index (χ2n) is 4.87. The van der Waals surface area contributed by atoms with Crippen molar-refractivity contribution < 1.29 is 5.11 Å². The van der Waals surface area contributed by atoms with Gasteiger partial charge in [-0.2, -0.15) is 0 Å². The third-order valence-electron chi connectivity index (χ3n) is 3.42. The van der Waals surface area contributed by atoms with Crippen molar-refractivity contribution in [3.05, 3.63) is 42.0 Å². The highest BCUT2D eigenvalue weighted by molar-refractivity contribution is 7.98. The highest BCUT2D eigenvalue weighted by atomic mass is 32.2. The van der Waals surface area contributed by atoms with Crippen LogP contribution >= 0.6 is 11.8 Å². The minimum Gasteiger partial charge on any atom is -0.507 e. The number of fused-ring (bicyclic) bond motifs is 1. The molecule has 0 atom stereocenters. The summed E-state index contributed by atoms with van der Waals surface area (Å²) in [7, 11) is 0. The monoisotopic (exact) mass is 297 g/mol. The van der Waals surface area contributed by atoms with Gasteiger partial charge in [0.1, 0.15) is 11.4 Å². The van der Waals surface area contributed by atoms with E-state index in [1.165, 1.54) is 0 Å². The standard InChI is InChI=1S/C16H15N3OS/c1-9-3-5-11-13(7-9)16(17)19-18-15(11)12-6-4-10(21-2)8-14(12)20/h3-8,20H,1-2H3,(H2,17,19). The molecular weight excluding hydrogens is 282 g/mol. The summed E-state index contributed by atoms with van der Waals surface area (Å²) < 4.78 is 0. The molecule has 0 saturated heterocycles. The number of nitrogens with zero attached hydrogens (tertiary/aromatic N) is 2. The Hall–Kier alpha value is -2.27. The molecule has 3 rings (SSSR count). The van der Waals surface area contributed by atoms with Gasteiger partial charge in [0.25, 0.3) is 0 Å². The summed E-state index contributed by atoms with van der Waals surface area (Å²) in [5.41, 5.74) is 8.33. The van der Waals surface area contributed by atoms with E-state index in [2.05, 4.69) is 10.2 Å². The molecule has 3 aromatic rings. The molecule has 3 N–H and O–H groups in total. The van der Waals surface area contributed by atoms with Crippen LogP contribution in [-0.4, -0.2) is 21.6 Å². The maximum atomic E-state index is 10.2. The lowest BCUT2D eigenvalue weighted by atomic mass is 10.0. The van der Waals surface area contributed by atoms with Crippen LogP contribution in [0.1, 0.15) is 5.56 Å². The maximum absolute atomic E-state index is 10.2. The number of phenolic OH excluding ortho intramolecular Hbond substituents is 1. The molecule has 1 aromatic heterocycles. The van der Waals surface area contributed by atoms with Crippen molar-refractivity contribution in [1.29, 1.82) is 0 Å². The largest absolute Gasteiger partial charge is 0.507 e. The van der Waals surface area contributed by atoms with Gasteiger partial charge < -0.3 is 10.8 Å². The summed E-state index contributed by atoms with van der Waals surface area (Å²) in [6.45, 7) is 2.00. The summed E-state index contributed by atoms with van der Waals surface area (Å²) in [6.07, 6.45) is 1.97. The molecular formula is C16H15N3OS. The quantitative estimate of drug-likeness (QED) is 0.707. The molecule has 2 aromatic carbocycles. The molecule has 0 unspecified atom stereocenters. The van der Waals surface area contributed by atoms with Crippen molar-refractivity contribution in [3.63, 3.8) is 0 Å². The molecule has 0 spiro atoms. The fraction of sp³-hybridized carbons (Fsp3) is 0.125. The predicted octanol–water partition coefficient (Wildman–Crippen LogP) is 3.61. The number of nitrogens with two attached hydrogens (primary N) is 1. The Labute approximate surface area is 127 Å². The van der Waals surface area contributed by atoms with Crippen molar-refractivity contribution >= 4 is 28.4 Å². The van der Waals surface area contributed by atoms with Crippen LogP contribution in [0.5, 0.6) is 5.75 Å². The second-order valence-corrected chi connectivity index (χ2v) is 5.75. The van der Waals surface area contributed by atoms with Gasteiger partial charge in [0.05, 0.1) is 0 Å².